The zero-order valence-corrected chi connectivity index (χ0v) is 43.5. The van der Waals surface area contributed by atoms with Crippen molar-refractivity contribution in [3.05, 3.63) is 254 Å². The van der Waals surface area contributed by atoms with E-state index < -0.39 is 0 Å². The van der Waals surface area contributed by atoms with Crippen LogP contribution in [0, 0.1) is 0 Å². The predicted octanol–water partition coefficient (Wildman–Crippen LogP) is 17.2. The van der Waals surface area contributed by atoms with Crippen molar-refractivity contribution >= 4 is 5.69 Å². The van der Waals surface area contributed by atoms with Crippen LogP contribution in [0.25, 0.3) is 56.4 Å². The second-order valence-electron chi connectivity index (χ2n) is 18.6. The third-order valence-corrected chi connectivity index (χ3v) is 12.1. The number of nitrogens with zero attached hydrogens (tertiary/aromatic N) is 2. The average Bonchev–Trinajstić information content (AvgIpc) is 4.19. The number of hydrogen-bond donors (Lipinski definition) is 3. The number of rotatable bonds is 8. The molecule has 0 fully saturated rings. The van der Waals surface area contributed by atoms with Gasteiger partial charge in [-0.25, -0.2) is 0 Å². The van der Waals surface area contributed by atoms with Crippen LogP contribution in [0.15, 0.2) is 237 Å². The summed E-state index contributed by atoms with van der Waals surface area (Å²) in [7, 11) is 0. The number of para-hydroxylation sites is 2. The van der Waals surface area contributed by atoms with Crippen molar-refractivity contribution in [3.63, 3.8) is 0 Å². The number of benzene rings is 7. The van der Waals surface area contributed by atoms with Crippen molar-refractivity contribution < 1.29 is 26.2 Å². The van der Waals surface area contributed by atoms with Gasteiger partial charge in [-0.15, -0.1) is 0 Å². The Morgan fingerprint density at radius 2 is 0.700 bits per heavy atom. The standard InChI is InChI=1S/C38H28N2O.C12H19N.C10H14.C4H5N.Mo/c41-38-36(39-32(28-14-5-1-6-15-28)24-25-33(39)29-16-7-2-8-17-29)22-13-23-37(38)40-34(30-18-9-3-10-19-30)26-27-35(40)31-20-11-4-12-21-31;1-8(2)10-6-5-7-11(9(3)4)12(10)13;1-10(2,3)9-7-5-4-6-8-9;1-2-4-5-3-1;/h1-27,41H;5-9H,13H2,1-4H3;4-8H,1-3H3;1-5H;. The van der Waals surface area contributed by atoms with E-state index in [0.717, 1.165) is 62.1 Å². The number of nitrogens with one attached hydrogen (secondary N) is 1. The van der Waals surface area contributed by atoms with Crippen molar-refractivity contribution in [1.29, 1.82) is 0 Å². The third kappa shape index (κ3) is 12.8. The quantitative estimate of drug-likeness (QED) is 0.105. The van der Waals surface area contributed by atoms with Crippen LogP contribution < -0.4 is 5.73 Å². The van der Waals surface area contributed by atoms with Gasteiger partial charge >= 0.3 is 0 Å². The minimum atomic E-state index is 0. The van der Waals surface area contributed by atoms with E-state index in [4.69, 9.17) is 5.73 Å². The van der Waals surface area contributed by atoms with Gasteiger partial charge in [0.25, 0.3) is 0 Å². The summed E-state index contributed by atoms with van der Waals surface area (Å²) in [5, 5.41) is 12.2. The fraction of sp³-hybridized carbons (Fsp3) is 0.156. The first-order valence-electron chi connectivity index (χ1n) is 23.9. The molecule has 3 heterocycles. The number of phenols is 1. The molecule has 10 aromatic rings. The zero-order chi connectivity index (χ0) is 48.8. The molecule has 7 aromatic carbocycles. The Hall–Kier alpha value is -7.33. The first kappa shape index (κ1) is 52.0. The van der Waals surface area contributed by atoms with Gasteiger partial charge < -0.3 is 25.0 Å². The molecule has 0 saturated carbocycles. The molecular weight excluding hydrogens is 937 g/mol. The Balaban J connectivity index is 0.000000224. The average molecular weight is 1000 g/mol. The first-order valence-corrected chi connectivity index (χ1v) is 23.9. The van der Waals surface area contributed by atoms with Gasteiger partial charge in [-0.05, 0) is 105 Å². The number of nitrogens with two attached hydrogens (primary N) is 1. The molecule has 0 saturated heterocycles. The molecule has 5 nitrogen and oxygen atoms in total. The number of aromatic amines is 1. The van der Waals surface area contributed by atoms with E-state index in [1.54, 1.807) is 0 Å². The fourth-order valence-corrected chi connectivity index (χ4v) is 8.43. The summed E-state index contributed by atoms with van der Waals surface area (Å²) in [6.45, 7) is 15.4. The van der Waals surface area contributed by atoms with Crippen molar-refractivity contribution in [2.75, 3.05) is 5.73 Å². The van der Waals surface area contributed by atoms with Gasteiger partial charge in [0.2, 0.25) is 0 Å². The normalized spacial score (nSPS) is 10.8. The molecule has 0 unspecified atom stereocenters. The number of H-pyrrole nitrogens is 1. The van der Waals surface area contributed by atoms with Gasteiger partial charge in [0.15, 0.2) is 5.75 Å². The first-order chi connectivity index (χ1) is 33.4. The summed E-state index contributed by atoms with van der Waals surface area (Å²) in [5.74, 6) is 1.24. The summed E-state index contributed by atoms with van der Waals surface area (Å²) >= 11 is 0. The maximum absolute atomic E-state index is 12.2. The molecule has 4 N–H and O–H groups in total. The molecule has 0 radical (unpaired) electrons. The van der Waals surface area contributed by atoms with Crippen LogP contribution in [0.2, 0.25) is 0 Å². The van der Waals surface area contributed by atoms with Crippen molar-refractivity contribution in [2.45, 2.75) is 65.7 Å². The second kappa shape index (κ2) is 24.8. The molecule has 0 spiro atoms. The van der Waals surface area contributed by atoms with E-state index in [9.17, 15) is 5.11 Å². The minimum Gasteiger partial charge on any atom is -0.504 e. The molecule has 0 aliphatic heterocycles. The molecule has 6 heteroatoms. The van der Waals surface area contributed by atoms with Crippen molar-refractivity contribution in [2.24, 2.45) is 0 Å². The smallest absolute Gasteiger partial charge is 0.163 e. The summed E-state index contributed by atoms with van der Waals surface area (Å²) in [6, 6.07) is 76.6. The SMILES string of the molecule is CC(C)(C)c1ccccc1.CC(C)c1cccc(C(C)C)c1N.Oc1c(-n2c(-c3ccccc3)ccc2-c2ccccc2)cccc1-n1c(-c2ccccc2)ccc1-c1ccccc1.[Mo].c1cc[nH]c1. The summed E-state index contributed by atoms with van der Waals surface area (Å²) in [4.78, 5) is 2.86. The van der Waals surface area contributed by atoms with Gasteiger partial charge in [0.1, 0.15) is 0 Å². The minimum absolute atomic E-state index is 0. The summed E-state index contributed by atoms with van der Waals surface area (Å²) < 4.78 is 4.33. The molecule has 0 bridgehead atoms. The topological polar surface area (TPSA) is 71.9 Å². The van der Waals surface area contributed by atoms with E-state index in [0.29, 0.717) is 17.3 Å². The Morgan fingerprint density at radius 1 is 0.400 bits per heavy atom. The third-order valence-electron chi connectivity index (χ3n) is 12.1. The Bertz CT molecular complexity index is 2780. The number of anilines is 1. The number of phenolic OH excluding ortho intramolecular Hbond substituents is 1. The number of aromatic nitrogens is 3. The van der Waals surface area contributed by atoms with Gasteiger partial charge in [-0.3, -0.25) is 0 Å². The van der Waals surface area contributed by atoms with Gasteiger partial charge in [-0.1, -0.05) is 224 Å². The monoisotopic (exact) mass is 1000 g/mol. The molecule has 354 valence electrons. The number of aromatic hydroxyl groups is 1. The number of hydrogen-bond acceptors (Lipinski definition) is 2. The molecule has 3 aromatic heterocycles. The predicted molar refractivity (Wildman–Crippen MR) is 293 cm³/mol. The van der Waals surface area contributed by atoms with E-state index >= 15 is 0 Å². The maximum Gasteiger partial charge on any atom is 0.163 e. The number of nitrogen functional groups attached to an aromatic ring is 1. The van der Waals surface area contributed by atoms with Gasteiger partial charge in [-0.2, -0.15) is 0 Å². The molecular formula is C64H66MoN4O. The molecule has 0 amide bonds. The van der Waals surface area contributed by atoms with Gasteiger partial charge in [0.05, 0.1) is 34.2 Å². The van der Waals surface area contributed by atoms with E-state index in [1.165, 1.54) is 16.7 Å². The molecule has 0 aliphatic rings. The Labute approximate surface area is 430 Å². The Kier molecular flexibility index (Phi) is 18.4. The maximum atomic E-state index is 12.2. The summed E-state index contributed by atoms with van der Waals surface area (Å²) in [6.07, 6.45) is 3.75. The van der Waals surface area contributed by atoms with Crippen LogP contribution in [0.3, 0.4) is 0 Å². The van der Waals surface area contributed by atoms with Crippen LogP contribution in [0.4, 0.5) is 5.69 Å². The molecule has 70 heavy (non-hydrogen) atoms. The Morgan fingerprint density at radius 3 is 0.957 bits per heavy atom. The largest absolute Gasteiger partial charge is 0.504 e. The van der Waals surface area contributed by atoms with Crippen LogP contribution in [-0.2, 0) is 26.5 Å². The van der Waals surface area contributed by atoms with Crippen LogP contribution in [0.5, 0.6) is 5.75 Å². The zero-order valence-electron chi connectivity index (χ0n) is 41.5. The van der Waals surface area contributed by atoms with E-state index in [-0.39, 0.29) is 26.8 Å². The molecule has 0 atom stereocenters. The van der Waals surface area contributed by atoms with Crippen LogP contribution in [-0.4, -0.2) is 19.2 Å². The molecule has 0 aliphatic carbocycles. The van der Waals surface area contributed by atoms with Crippen molar-refractivity contribution in [3.8, 4) is 62.2 Å². The summed E-state index contributed by atoms with van der Waals surface area (Å²) in [5.41, 5.74) is 21.1. The van der Waals surface area contributed by atoms with Crippen LogP contribution >= 0.6 is 0 Å². The van der Waals surface area contributed by atoms with Crippen molar-refractivity contribution in [1.82, 2.24) is 14.1 Å². The second-order valence-corrected chi connectivity index (χ2v) is 18.6. The van der Waals surface area contributed by atoms with E-state index in [1.807, 2.05) is 116 Å². The van der Waals surface area contributed by atoms with Gasteiger partial charge in [0, 0.05) is 39.1 Å². The molecule has 10 rings (SSSR count). The van der Waals surface area contributed by atoms with Crippen LogP contribution in [0.1, 0.15) is 77.0 Å². The fourth-order valence-electron chi connectivity index (χ4n) is 8.43. The van der Waals surface area contributed by atoms with E-state index in [2.05, 4.69) is 184 Å².